The highest BCUT2D eigenvalue weighted by Gasteiger charge is 2.36. The summed E-state index contributed by atoms with van der Waals surface area (Å²) in [5.74, 6) is 0.159. The van der Waals surface area contributed by atoms with Crippen molar-refractivity contribution < 1.29 is 19.4 Å². The van der Waals surface area contributed by atoms with Crippen LogP contribution in [0.1, 0.15) is 38.7 Å². The van der Waals surface area contributed by atoms with Crippen LogP contribution in [0.3, 0.4) is 0 Å². The first-order valence-electron chi connectivity index (χ1n) is 11.4. The van der Waals surface area contributed by atoms with E-state index in [1.165, 1.54) is 6.92 Å². The summed E-state index contributed by atoms with van der Waals surface area (Å²) in [7, 11) is 3.62. The van der Waals surface area contributed by atoms with Crippen molar-refractivity contribution in [3.05, 3.63) is 30.0 Å². The zero-order valence-electron chi connectivity index (χ0n) is 19.6. The Kier molecular flexibility index (Phi) is 8.15. The Labute approximate surface area is 190 Å². The molecule has 0 spiro atoms. The number of amides is 2. The number of carbonyl (C=O) groups excluding carboxylic acids is 2. The molecule has 1 heterocycles. The molecule has 0 radical (unpaired) electrons. The van der Waals surface area contributed by atoms with Crippen molar-refractivity contribution in [3.8, 4) is 5.75 Å². The number of methoxy groups -OCH3 is 1. The van der Waals surface area contributed by atoms with Gasteiger partial charge < -0.3 is 29.5 Å². The largest absolute Gasteiger partial charge is 0.506 e. The fourth-order valence-electron chi connectivity index (χ4n) is 4.12. The average Bonchev–Trinajstić information content (AvgIpc) is 3.55. The molecular weight excluding hydrogens is 408 g/mol. The Hall–Kier alpha value is -2.58. The Morgan fingerprint density at radius 1 is 1.34 bits per heavy atom. The van der Waals surface area contributed by atoms with E-state index in [1.54, 1.807) is 13.3 Å². The van der Waals surface area contributed by atoms with Gasteiger partial charge in [-0.1, -0.05) is 13.0 Å². The lowest BCUT2D eigenvalue weighted by atomic mass is 10.1. The van der Waals surface area contributed by atoms with Gasteiger partial charge in [-0.05, 0) is 50.6 Å². The highest BCUT2D eigenvalue weighted by Crippen LogP contribution is 2.32. The van der Waals surface area contributed by atoms with Crippen LogP contribution in [0.5, 0.6) is 5.75 Å². The predicted molar refractivity (Wildman–Crippen MR) is 124 cm³/mol. The van der Waals surface area contributed by atoms with Crippen LogP contribution in [-0.2, 0) is 27.4 Å². The summed E-state index contributed by atoms with van der Waals surface area (Å²) in [6.07, 6.45) is 4.26. The second-order valence-corrected chi connectivity index (χ2v) is 8.73. The number of ether oxygens (including phenoxy) is 1. The SMILES string of the molecule is CCCN(C)CC(OC)C(=O)N(Cc1ccc2c(O)cn(CCNC(C)=O)c2c1)C1CC1. The fraction of sp³-hybridized carbons (Fsp3) is 0.583. The molecule has 1 aromatic carbocycles. The molecule has 1 aliphatic carbocycles. The molecule has 0 bridgehead atoms. The first-order valence-corrected chi connectivity index (χ1v) is 11.4. The Balaban J connectivity index is 1.77. The zero-order chi connectivity index (χ0) is 23.3. The highest BCUT2D eigenvalue weighted by molar-refractivity contribution is 5.87. The van der Waals surface area contributed by atoms with Crippen molar-refractivity contribution in [2.45, 2.75) is 58.3 Å². The van der Waals surface area contributed by atoms with Crippen LogP contribution in [0.2, 0.25) is 0 Å². The standard InChI is InChI=1S/C24H36N4O4/c1-5-11-26(3)16-23(32-4)24(31)28(19-7-8-19)14-18-6-9-20-21(13-18)27(15-22(20)30)12-10-25-17(2)29/h6,9,13,15,19,23,30H,5,7-8,10-12,14,16H2,1-4H3,(H,25,29). The van der Waals surface area contributed by atoms with Crippen LogP contribution in [0.25, 0.3) is 10.9 Å². The van der Waals surface area contributed by atoms with Crippen LogP contribution in [0.15, 0.2) is 24.4 Å². The molecule has 32 heavy (non-hydrogen) atoms. The lowest BCUT2D eigenvalue weighted by Gasteiger charge is -2.29. The maximum absolute atomic E-state index is 13.3. The molecule has 2 amide bonds. The van der Waals surface area contributed by atoms with Gasteiger partial charge in [-0.3, -0.25) is 9.59 Å². The first kappa shape index (κ1) is 24.1. The van der Waals surface area contributed by atoms with E-state index in [9.17, 15) is 14.7 Å². The summed E-state index contributed by atoms with van der Waals surface area (Å²) in [5.41, 5.74) is 1.90. The van der Waals surface area contributed by atoms with Gasteiger partial charge in [0.2, 0.25) is 5.91 Å². The second-order valence-electron chi connectivity index (χ2n) is 8.73. The van der Waals surface area contributed by atoms with Crippen LogP contribution in [-0.4, -0.2) is 77.2 Å². The number of benzene rings is 1. The smallest absolute Gasteiger partial charge is 0.253 e. The van der Waals surface area contributed by atoms with Gasteiger partial charge in [-0.15, -0.1) is 0 Å². The maximum Gasteiger partial charge on any atom is 0.253 e. The summed E-state index contributed by atoms with van der Waals surface area (Å²) in [4.78, 5) is 28.6. The lowest BCUT2D eigenvalue weighted by Crippen LogP contribution is -2.46. The quantitative estimate of drug-likeness (QED) is 0.525. The number of nitrogens with one attached hydrogen (secondary N) is 1. The molecule has 8 heteroatoms. The first-order chi connectivity index (χ1) is 15.3. The van der Waals surface area contributed by atoms with Crippen LogP contribution in [0, 0.1) is 0 Å². The summed E-state index contributed by atoms with van der Waals surface area (Å²) in [5, 5.41) is 13.8. The number of carbonyl (C=O) groups is 2. The normalized spacial score (nSPS) is 14.7. The minimum Gasteiger partial charge on any atom is -0.506 e. The lowest BCUT2D eigenvalue weighted by molar-refractivity contribution is -0.144. The Morgan fingerprint density at radius 2 is 2.09 bits per heavy atom. The van der Waals surface area contributed by atoms with Crippen molar-refractivity contribution in [3.63, 3.8) is 0 Å². The highest BCUT2D eigenvalue weighted by atomic mass is 16.5. The Morgan fingerprint density at radius 3 is 2.72 bits per heavy atom. The van der Waals surface area contributed by atoms with Crippen molar-refractivity contribution >= 4 is 22.7 Å². The number of rotatable bonds is 12. The van der Waals surface area contributed by atoms with E-state index in [0.717, 1.165) is 42.3 Å². The summed E-state index contributed by atoms with van der Waals surface area (Å²) in [6.45, 7) is 6.65. The monoisotopic (exact) mass is 444 g/mol. The van der Waals surface area contributed by atoms with E-state index < -0.39 is 6.10 Å². The molecule has 176 valence electrons. The van der Waals surface area contributed by atoms with Crippen molar-refractivity contribution in [2.24, 2.45) is 0 Å². The molecule has 0 aliphatic heterocycles. The molecule has 3 rings (SSSR count). The average molecular weight is 445 g/mol. The van der Waals surface area contributed by atoms with E-state index in [1.807, 2.05) is 34.7 Å². The fourth-order valence-corrected chi connectivity index (χ4v) is 4.12. The van der Waals surface area contributed by atoms with E-state index in [0.29, 0.717) is 26.2 Å². The van der Waals surface area contributed by atoms with E-state index in [4.69, 9.17) is 4.74 Å². The van der Waals surface area contributed by atoms with E-state index in [-0.39, 0.29) is 23.6 Å². The van der Waals surface area contributed by atoms with Crippen LogP contribution < -0.4 is 5.32 Å². The number of hydrogen-bond acceptors (Lipinski definition) is 5. The minimum absolute atomic E-state index is 0.0296. The summed E-state index contributed by atoms with van der Waals surface area (Å²) < 4.78 is 7.51. The number of nitrogens with zero attached hydrogens (tertiary/aromatic N) is 3. The number of likely N-dealkylation sites (N-methyl/N-ethyl adjacent to an activating group) is 1. The molecule has 1 unspecified atom stereocenters. The third-order valence-corrected chi connectivity index (χ3v) is 5.92. The number of aromatic nitrogens is 1. The molecule has 8 nitrogen and oxygen atoms in total. The predicted octanol–water partition coefficient (Wildman–Crippen LogP) is 2.33. The summed E-state index contributed by atoms with van der Waals surface area (Å²) >= 11 is 0. The van der Waals surface area contributed by atoms with Crippen molar-refractivity contribution in [1.29, 1.82) is 0 Å². The minimum atomic E-state index is -0.485. The van der Waals surface area contributed by atoms with Gasteiger partial charge in [0, 0.05) is 57.8 Å². The number of fused-ring (bicyclic) bond motifs is 1. The third kappa shape index (κ3) is 6.01. The van der Waals surface area contributed by atoms with Gasteiger partial charge in [-0.2, -0.15) is 0 Å². The van der Waals surface area contributed by atoms with Gasteiger partial charge in [0.25, 0.3) is 5.91 Å². The topological polar surface area (TPSA) is 87.0 Å². The van der Waals surface area contributed by atoms with Crippen LogP contribution >= 0.6 is 0 Å². The molecule has 1 aliphatic rings. The molecule has 1 fully saturated rings. The Bertz CT molecular complexity index is 937. The van der Waals surface area contributed by atoms with Gasteiger partial charge in [0.15, 0.2) is 0 Å². The zero-order valence-corrected chi connectivity index (χ0v) is 19.6. The van der Waals surface area contributed by atoms with Crippen molar-refractivity contribution in [1.82, 2.24) is 19.7 Å². The molecular formula is C24H36N4O4. The maximum atomic E-state index is 13.3. The van der Waals surface area contributed by atoms with Crippen molar-refractivity contribution in [2.75, 3.05) is 33.8 Å². The molecule has 1 aromatic heterocycles. The van der Waals surface area contributed by atoms with Gasteiger partial charge in [0.1, 0.15) is 11.9 Å². The number of aromatic hydroxyl groups is 1. The molecule has 0 saturated heterocycles. The van der Waals surface area contributed by atoms with Gasteiger partial charge in [-0.25, -0.2) is 0 Å². The van der Waals surface area contributed by atoms with Gasteiger partial charge in [0.05, 0.1) is 5.52 Å². The second kappa shape index (κ2) is 10.8. The van der Waals surface area contributed by atoms with E-state index >= 15 is 0 Å². The third-order valence-electron chi connectivity index (χ3n) is 5.92. The van der Waals surface area contributed by atoms with Gasteiger partial charge >= 0.3 is 0 Å². The molecule has 1 saturated carbocycles. The molecule has 2 aromatic rings. The van der Waals surface area contributed by atoms with E-state index in [2.05, 4.69) is 17.1 Å². The number of hydrogen-bond donors (Lipinski definition) is 2. The molecule has 1 atom stereocenters. The van der Waals surface area contributed by atoms with Crippen LogP contribution in [0.4, 0.5) is 0 Å². The molecule has 2 N–H and O–H groups in total. The summed E-state index contributed by atoms with van der Waals surface area (Å²) in [6, 6.07) is 6.14.